The maximum Gasteiger partial charge on any atom is 0.335 e. The summed E-state index contributed by atoms with van der Waals surface area (Å²) in [5.74, 6) is -0.972. The van der Waals surface area contributed by atoms with E-state index in [1.165, 1.54) is 6.07 Å². The number of rotatable bonds is 5. The fourth-order valence-electron chi connectivity index (χ4n) is 1.59. The van der Waals surface area contributed by atoms with Gasteiger partial charge in [-0.05, 0) is 44.0 Å². The standard InChI is InChI=1S/C14H18N2O3/c1-3-4-5-8-15-14(19)16-11-6-7-12(13(17)18)10(2)9-11/h3-4,6-7,9H,5,8H2,1-2H3,(H,17,18)(H2,15,16,19)/b4-3+. The summed E-state index contributed by atoms with van der Waals surface area (Å²) in [4.78, 5) is 22.4. The van der Waals surface area contributed by atoms with Crippen molar-refractivity contribution in [1.29, 1.82) is 0 Å². The predicted octanol–water partition coefficient (Wildman–Crippen LogP) is 2.78. The quantitative estimate of drug-likeness (QED) is 0.564. The van der Waals surface area contributed by atoms with E-state index in [-0.39, 0.29) is 11.6 Å². The van der Waals surface area contributed by atoms with Crippen molar-refractivity contribution >= 4 is 17.7 Å². The first-order chi connectivity index (χ1) is 9.04. The first-order valence-electron chi connectivity index (χ1n) is 6.04. The van der Waals surface area contributed by atoms with E-state index < -0.39 is 5.97 Å². The van der Waals surface area contributed by atoms with E-state index >= 15 is 0 Å². The van der Waals surface area contributed by atoms with Gasteiger partial charge >= 0.3 is 12.0 Å². The monoisotopic (exact) mass is 262 g/mol. The molecular formula is C14H18N2O3. The summed E-state index contributed by atoms with van der Waals surface area (Å²) < 4.78 is 0. The molecule has 1 aromatic carbocycles. The second-order valence-corrected chi connectivity index (χ2v) is 4.07. The molecule has 5 heteroatoms. The van der Waals surface area contributed by atoms with E-state index in [1.54, 1.807) is 19.1 Å². The molecule has 3 N–H and O–H groups in total. The van der Waals surface area contributed by atoms with Crippen LogP contribution < -0.4 is 10.6 Å². The zero-order valence-electron chi connectivity index (χ0n) is 11.1. The van der Waals surface area contributed by atoms with Crippen molar-refractivity contribution in [2.75, 3.05) is 11.9 Å². The van der Waals surface area contributed by atoms with Gasteiger partial charge in [-0.2, -0.15) is 0 Å². The minimum atomic E-state index is -0.972. The van der Waals surface area contributed by atoms with Gasteiger partial charge in [-0.15, -0.1) is 0 Å². The Hall–Kier alpha value is -2.30. The van der Waals surface area contributed by atoms with Gasteiger partial charge < -0.3 is 15.7 Å². The molecule has 2 amide bonds. The highest BCUT2D eigenvalue weighted by Gasteiger charge is 2.08. The number of carbonyl (C=O) groups excluding carboxylic acids is 1. The van der Waals surface area contributed by atoms with Crippen LogP contribution in [0, 0.1) is 6.92 Å². The Bertz CT molecular complexity index is 495. The molecule has 0 radical (unpaired) electrons. The number of hydrogen-bond donors (Lipinski definition) is 3. The van der Waals surface area contributed by atoms with Crippen LogP contribution in [0.3, 0.4) is 0 Å². The molecule has 1 aromatic rings. The molecular weight excluding hydrogens is 244 g/mol. The Labute approximate surface area is 112 Å². The number of carboxylic acids is 1. The fraction of sp³-hybridized carbons (Fsp3) is 0.286. The van der Waals surface area contributed by atoms with Crippen LogP contribution in [0.2, 0.25) is 0 Å². The second-order valence-electron chi connectivity index (χ2n) is 4.07. The molecule has 0 aromatic heterocycles. The van der Waals surface area contributed by atoms with Crippen LogP contribution in [0.15, 0.2) is 30.4 Å². The van der Waals surface area contributed by atoms with Gasteiger partial charge in [0, 0.05) is 12.2 Å². The van der Waals surface area contributed by atoms with Crippen molar-refractivity contribution in [2.45, 2.75) is 20.3 Å². The number of hydrogen-bond acceptors (Lipinski definition) is 2. The van der Waals surface area contributed by atoms with Crippen molar-refractivity contribution in [3.63, 3.8) is 0 Å². The first kappa shape index (κ1) is 14.8. The van der Waals surface area contributed by atoms with Crippen molar-refractivity contribution < 1.29 is 14.7 Å². The summed E-state index contributed by atoms with van der Waals surface area (Å²) in [5, 5.41) is 14.3. The third kappa shape index (κ3) is 4.83. The minimum absolute atomic E-state index is 0.235. The summed E-state index contributed by atoms with van der Waals surface area (Å²) in [6.07, 6.45) is 4.67. The number of carboxylic acid groups (broad SMARTS) is 1. The number of amides is 2. The highest BCUT2D eigenvalue weighted by Crippen LogP contribution is 2.15. The molecule has 19 heavy (non-hydrogen) atoms. The van der Waals surface area contributed by atoms with E-state index in [0.717, 1.165) is 6.42 Å². The number of nitrogens with one attached hydrogen (secondary N) is 2. The number of anilines is 1. The second kappa shape index (κ2) is 7.20. The van der Waals surface area contributed by atoms with E-state index in [1.807, 2.05) is 19.1 Å². The van der Waals surface area contributed by atoms with Crippen LogP contribution in [0.4, 0.5) is 10.5 Å². The average molecular weight is 262 g/mol. The normalized spacial score (nSPS) is 10.4. The molecule has 102 valence electrons. The summed E-state index contributed by atoms with van der Waals surface area (Å²) in [7, 11) is 0. The lowest BCUT2D eigenvalue weighted by atomic mass is 10.1. The minimum Gasteiger partial charge on any atom is -0.478 e. The molecule has 0 fully saturated rings. The highest BCUT2D eigenvalue weighted by atomic mass is 16.4. The molecule has 0 bridgehead atoms. The van der Waals surface area contributed by atoms with Crippen LogP contribution in [0.1, 0.15) is 29.3 Å². The van der Waals surface area contributed by atoms with Crippen molar-refractivity contribution in [3.05, 3.63) is 41.5 Å². The number of allylic oxidation sites excluding steroid dienone is 1. The molecule has 0 heterocycles. The predicted molar refractivity (Wildman–Crippen MR) is 74.6 cm³/mol. The molecule has 1 rings (SSSR count). The third-order valence-corrected chi connectivity index (χ3v) is 2.55. The van der Waals surface area contributed by atoms with Gasteiger partial charge in [-0.3, -0.25) is 0 Å². The Morgan fingerprint density at radius 3 is 2.68 bits per heavy atom. The molecule has 5 nitrogen and oxygen atoms in total. The molecule has 0 atom stereocenters. The van der Waals surface area contributed by atoms with Crippen molar-refractivity contribution in [2.24, 2.45) is 0 Å². The Balaban J connectivity index is 2.55. The first-order valence-corrected chi connectivity index (χ1v) is 6.04. The number of urea groups is 1. The van der Waals surface area contributed by atoms with Crippen LogP contribution in [-0.4, -0.2) is 23.7 Å². The van der Waals surface area contributed by atoms with Gasteiger partial charge in [0.2, 0.25) is 0 Å². The lowest BCUT2D eigenvalue weighted by molar-refractivity contribution is 0.0696. The van der Waals surface area contributed by atoms with Gasteiger partial charge in [0.1, 0.15) is 0 Å². The topological polar surface area (TPSA) is 78.4 Å². The van der Waals surface area contributed by atoms with E-state index in [9.17, 15) is 9.59 Å². The van der Waals surface area contributed by atoms with Gasteiger partial charge in [0.15, 0.2) is 0 Å². The Kier molecular flexibility index (Phi) is 5.60. The zero-order valence-corrected chi connectivity index (χ0v) is 11.1. The highest BCUT2D eigenvalue weighted by molar-refractivity contribution is 5.92. The molecule has 0 unspecified atom stereocenters. The van der Waals surface area contributed by atoms with Gasteiger partial charge in [-0.1, -0.05) is 12.2 Å². The van der Waals surface area contributed by atoms with Crippen molar-refractivity contribution in [3.8, 4) is 0 Å². The van der Waals surface area contributed by atoms with Gasteiger partial charge in [0.05, 0.1) is 5.56 Å². The average Bonchev–Trinajstić information content (AvgIpc) is 2.34. The molecule has 0 spiro atoms. The molecule has 0 aliphatic heterocycles. The maximum atomic E-state index is 11.5. The van der Waals surface area contributed by atoms with Crippen LogP contribution in [-0.2, 0) is 0 Å². The summed E-state index contributed by atoms with van der Waals surface area (Å²) >= 11 is 0. The lowest BCUT2D eigenvalue weighted by Gasteiger charge is -2.08. The summed E-state index contributed by atoms with van der Waals surface area (Å²) in [6, 6.07) is 4.39. The number of aromatic carboxylic acids is 1. The molecule has 0 aliphatic carbocycles. The maximum absolute atomic E-state index is 11.5. The van der Waals surface area contributed by atoms with E-state index in [4.69, 9.17) is 5.11 Å². The third-order valence-electron chi connectivity index (χ3n) is 2.55. The lowest BCUT2D eigenvalue weighted by Crippen LogP contribution is -2.29. The number of carbonyl (C=O) groups is 2. The summed E-state index contributed by atoms with van der Waals surface area (Å²) in [6.45, 7) is 4.17. The van der Waals surface area contributed by atoms with E-state index in [2.05, 4.69) is 10.6 Å². The molecule has 0 saturated carbocycles. The van der Waals surface area contributed by atoms with Gasteiger partial charge in [0.25, 0.3) is 0 Å². The Morgan fingerprint density at radius 1 is 1.37 bits per heavy atom. The fourth-order valence-corrected chi connectivity index (χ4v) is 1.59. The van der Waals surface area contributed by atoms with Crippen LogP contribution in [0.5, 0.6) is 0 Å². The summed E-state index contributed by atoms with van der Waals surface area (Å²) in [5.41, 5.74) is 1.42. The molecule has 0 saturated heterocycles. The van der Waals surface area contributed by atoms with E-state index in [0.29, 0.717) is 17.8 Å². The largest absolute Gasteiger partial charge is 0.478 e. The number of aryl methyl sites for hydroxylation is 1. The van der Waals surface area contributed by atoms with Crippen molar-refractivity contribution in [1.82, 2.24) is 5.32 Å². The smallest absolute Gasteiger partial charge is 0.335 e. The molecule has 0 aliphatic rings. The van der Waals surface area contributed by atoms with Crippen LogP contribution >= 0.6 is 0 Å². The van der Waals surface area contributed by atoms with Gasteiger partial charge in [-0.25, -0.2) is 9.59 Å². The van der Waals surface area contributed by atoms with Crippen LogP contribution in [0.25, 0.3) is 0 Å². The number of benzene rings is 1. The Morgan fingerprint density at radius 2 is 2.11 bits per heavy atom. The zero-order chi connectivity index (χ0) is 14.3. The SMILES string of the molecule is C/C=C/CCNC(=O)Nc1ccc(C(=O)O)c(C)c1.